The Balaban J connectivity index is 1.44. The van der Waals surface area contributed by atoms with Crippen LogP contribution in [0.3, 0.4) is 0 Å². The summed E-state index contributed by atoms with van der Waals surface area (Å²) in [4.78, 5) is 25.2. The van der Waals surface area contributed by atoms with Gasteiger partial charge in [-0.15, -0.1) is 0 Å². The summed E-state index contributed by atoms with van der Waals surface area (Å²) in [6.07, 6.45) is 0.869. The Morgan fingerprint density at radius 2 is 1.88 bits per heavy atom. The maximum absolute atomic E-state index is 12.3. The lowest BCUT2D eigenvalue weighted by atomic mass is 10.2. The Morgan fingerprint density at radius 3 is 2.64 bits per heavy atom. The monoisotopic (exact) mass is 341 g/mol. The first-order valence-corrected chi connectivity index (χ1v) is 7.99. The third-order valence-electron chi connectivity index (χ3n) is 4.00. The van der Waals surface area contributed by atoms with Crippen LogP contribution < -0.4 is 20.4 Å². The molecule has 0 fully saturated rings. The van der Waals surface area contributed by atoms with Gasteiger partial charge in [0.25, 0.3) is 5.91 Å². The summed E-state index contributed by atoms with van der Waals surface area (Å²) >= 11 is 0. The van der Waals surface area contributed by atoms with Crippen LogP contribution in [0, 0.1) is 0 Å². The van der Waals surface area contributed by atoms with E-state index in [-0.39, 0.29) is 6.03 Å². The van der Waals surface area contributed by atoms with Crippen LogP contribution in [0.15, 0.2) is 48.5 Å². The van der Waals surface area contributed by atoms with Gasteiger partial charge in [-0.25, -0.2) is 10.3 Å². The van der Waals surface area contributed by atoms with Crippen LogP contribution in [0.4, 0.5) is 10.5 Å². The Hall–Kier alpha value is -3.06. The molecular weight excluding hydrogens is 322 g/mol. The molecule has 2 aromatic rings. The van der Waals surface area contributed by atoms with Crippen LogP contribution in [0.25, 0.3) is 0 Å². The molecule has 1 heterocycles. The molecule has 7 heteroatoms. The molecule has 0 unspecified atom stereocenters. The fraction of sp³-hybridized carbons (Fsp3) is 0.222. The number of ether oxygens (including phenoxy) is 1. The molecule has 0 atom stereocenters. The molecule has 7 nitrogen and oxygen atoms in total. The highest BCUT2D eigenvalue weighted by Crippen LogP contribution is 2.27. The van der Waals surface area contributed by atoms with Crippen molar-refractivity contribution in [2.75, 3.05) is 24.6 Å². The van der Waals surface area contributed by atoms with Crippen LogP contribution in [-0.4, -0.2) is 36.8 Å². The minimum absolute atomic E-state index is 0.136. The van der Waals surface area contributed by atoms with Crippen molar-refractivity contribution in [2.24, 2.45) is 0 Å². The van der Waals surface area contributed by atoms with Crippen molar-refractivity contribution < 1.29 is 19.5 Å². The number of amides is 3. The molecule has 0 spiro atoms. The van der Waals surface area contributed by atoms with E-state index in [1.165, 1.54) is 5.56 Å². The minimum Gasteiger partial charge on any atom is -0.492 e. The van der Waals surface area contributed by atoms with Gasteiger partial charge >= 0.3 is 6.03 Å². The lowest BCUT2D eigenvalue weighted by molar-refractivity contribution is 0.0706. The number of carbonyl (C=O) groups excluding carboxylic acids is 2. The zero-order chi connectivity index (χ0) is 17.6. The van der Waals surface area contributed by atoms with Gasteiger partial charge < -0.3 is 10.1 Å². The molecular formula is C18H19N3O4. The molecule has 0 saturated heterocycles. The van der Waals surface area contributed by atoms with E-state index < -0.39 is 5.91 Å². The summed E-state index contributed by atoms with van der Waals surface area (Å²) in [5.41, 5.74) is 4.04. The lowest BCUT2D eigenvalue weighted by Gasteiger charge is -2.18. The van der Waals surface area contributed by atoms with E-state index in [4.69, 9.17) is 9.94 Å². The zero-order valence-corrected chi connectivity index (χ0v) is 13.6. The van der Waals surface area contributed by atoms with Crippen LogP contribution in [0.1, 0.15) is 15.9 Å². The number of hydrogen-bond donors (Lipinski definition) is 3. The highest BCUT2D eigenvalue weighted by molar-refractivity contribution is 5.94. The lowest BCUT2D eigenvalue weighted by Crippen LogP contribution is -2.40. The molecule has 0 saturated carbocycles. The number of rotatable bonds is 5. The predicted octanol–water partition coefficient (Wildman–Crippen LogP) is 1.96. The molecule has 130 valence electrons. The first-order chi connectivity index (χ1) is 12.2. The summed E-state index contributed by atoms with van der Waals surface area (Å²) in [6.45, 7) is 1.36. The van der Waals surface area contributed by atoms with Gasteiger partial charge in [-0.05, 0) is 42.3 Å². The number of nitrogens with one attached hydrogen (secondary N) is 2. The van der Waals surface area contributed by atoms with Crippen LogP contribution in [0.5, 0.6) is 5.75 Å². The predicted molar refractivity (Wildman–Crippen MR) is 92.1 cm³/mol. The van der Waals surface area contributed by atoms with Crippen molar-refractivity contribution in [3.63, 3.8) is 0 Å². The average molecular weight is 341 g/mol. The molecule has 0 radical (unpaired) electrons. The number of carbonyl (C=O) groups is 2. The van der Waals surface area contributed by atoms with E-state index in [9.17, 15) is 9.59 Å². The third kappa shape index (κ3) is 3.89. The van der Waals surface area contributed by atoms with E-state index >= 15 is 0 Å². The van der Waals surface area contributed by atoms with E-state index in [2.05, 4.69) is 5.32 Å². The van der Waals surface area contributed by atoms with Crippen LogP contribution in [0.2, 0.25) is 0 Å². The molecule has 25 heavy (non-hydrogen) atoms. The fourth-order valence-corrected chi connectivity index (χ4v) is 2.74. The summed E-state index contributed by atoms with van der Waals surface area (Å²) < 4.78 is 5.53. The summed E-state index contributed by atoms with van der Waals surface area (Å²) in [5, 5.41) is 11.4. The maximum atomic E-state index is 12.3. The van der Waals surface area contributed by atoms with Crippen molar-refractivity contribution in [1.82, 2.24) is 10.8 Å². The molecule has 1 aliphatic rings. The van der Waals surface area contributed by atoms with Crippen molar-refractivity contribution in [1.29, 1.82) is 0 Å². The number of fused-ring (bicyclic) bond motifs is 1. The van der Waals surface area contributed by atoms with Crippen molar-refractivity contribution in [3.8, 4) is 5.75 Å². The van der Waals surface area contributed by atoms with Crippen molar-refractivity contribution in [3.05, 3.63) is 59.7 Å². The molecule has 1 aliphatic heterocycles. The second kappa shape index (κ2) is 7.67. The first-order valence-electron chi connectivity index (χ1n) is 7.99. The number of urea groups is 1. The van der Waals surface area contributed by atoms with Crippen molar-refractivity contribution >= 4 is 17.6 Å². The quantitative estimate of drug-likeness (QED) is 0.440. The average Bonchev–Trinajstić information content (AvgIpc) is 3.09. The van der Waals surface area contributed by atoms with Gasteiger partial charge in [-0.3, -0.25) is 14.9 Å². The van der Waals surface area contributed by atoms with Crippen molar-refractivity contribution in [2.45, 2.75) is 6.42 Å². The number of nitrogens with zero attached hydrogens (tertiary/aromatic N) is 1. The first kappa shape index (κ1) is 16.8. The molecule has 0 aliphatic carbocycles. The SMILES string of the molecule is O=C(NO)c1ccc(OCCNC(=O)N2CCc3ccccc32)cc1. The Kier molecular flexibility index (Phi) is 5.15. The topological polar surface area (TPSA) is 90.9 Å². The fourth-order valence-electron chi connectivity index (χ4n) is 2.74. The number of hydroxylamine groups is 1. The number of benzene rings is 2. The molecule has 3 N–H and O–H groups in total. The van der Waals surface area contributed by atoms with E-state index in [1.54, 1.807) is 34.6 Å². The van der Waals surface area contributed by atoms with E-state index in [1.807, 2.05) is 24.3 Å². The minimum atomic E-state index is -0.579. The van der Waals surface area contributed by atoms with Gasteiger partial charge in [0.15, 0.2) is 0 Å². The smallest absolute Gasteiger partial charge is 0.322 e. The van der Waals surface area contributed by atoms with Crippen LogP contribution >= 0.6 is 0 Å². The highest BCUT2D eigenvalue weighted by Gasteiger charge is 2.23. The number of para-hydroxylation sites is 1. The molecule has 3 rings (SSSR count). The molecule has 0 aromatic heterocycles. The Labute approximate surface area is 145 Å². The summed E-state index contributed by atoms with van der Waals surface area (Å²) in [6, 6.07) is 14.1. The summed E-state index contributed by atoms with van der Waals surface area (Å²) in [7, 11) is 0. The molecule has 0 bridgehead atoms. The largest absolute Gasteiger partial charge is 0.492 e. The normalized spacial score (nSPS) is 12.4. The Morgan fingerprint density at radius 1 is 1.12 bits per heavy atom. The van der Waals surface area contributed by atoms with Gasteiger partial charge in [-0.1, -0.05) is 18.2 Å². The number of anilines is 1. The third-order valence-corrected chi connectivity index (χ3v) is 4.00. The van der Waals surface area contributed by atoms with E-state index in [0.717, 1.165) is 12.1 Å². The van der Waals surface area contributed by atoms with E-state index in [0.29, 0.717) is 31.0 Å². The second-order valence-electron chi connectivity index (χ2n) is 5.58. The zero-order valence-electron chi connectivity index (χ0n) is 13.6. The molecule has 2 aromatic carbocycles. The standard InChI is InChI=1S/C18H19N3O4/c22-17(20-24)14-5-7-15(8-6-14)25-12-10-19-18(23)21-11-9-13-3-1-2-4-16(13)21/h1-8,24H,9-12H2,(H,19,23)(H,20,22). The Bertz CT molecular complexity index is 761. The van der Waals surface area contributed by atoms with Gasteiger partial charge in [0.2, 0.25) is 0 Å². The van der Waals surface area contributed by atoms with Gasteiger partial charge in [0, 0.05) is 17.8 Å². The maximum Gasteiger partial charge on any atom is 0.322 e. The van der Waals surface area contributed by atoms with Gasteiger partial charge in [-0.2, -0.15) is 0 Å². The highest BCUT2D eigenvalue weighted by atomic mass is 16.5. The van der Waals surface area contributed by atoms with Crippen LogP contribution in [-0.2, 0) is 6.42 Å². The van der Waals surface area contributed by atoms with Gasteiger partial charge in [0.05, 0.1) is 6.54 Å². The molecule has 3 amide bonds. The number of hydrogen-bond acceptors (Lipinski definition) is 4. The summed E-state index contributed by atoms with van der Waals surface area (Å²) in [5.74, 6) is -0.0000327. The van der Waals surface area contributed by atoms with Gasteiger partial charge in [0.1, 0.15) is 12.4 Å². The second-order valence-corrected chi connectivity index (χ2v) is 5.58.